The molecule has 1 aromatic carbocycles. The summed E-state index contributed by atoms with van der Waals surface area (Å²) < 4.78 is 5.10. The third-order valence-electron chi connectivity index (χ3n) is 1.94. The second kappa shape index (κ2) is 4.49. The monoisotopic (exact) mass is 200 g/mol. The smallest absolute Gasteiger partial charge is 0.124 e. The van der Waals surface area contributed by atoms with Crippen molar-refractivity contribution in [3.8, 4) is 5.75 Å². The van der Waals surface area contributed by atoms with Crippen LogP contribution in [0, 0.1) is 0 Å². The summed E-state index contributed by atoms with van der Waals surface area (Å²) in [5.74, 6) is 0.679. The molecular formula is C10H13ClO2. The molecule has 0 aliphatic carbocycles. The van der Waals surface area contributed by atoms with E-state index < -0.39 is 6.10 Å². The number of halogens is 1. The second-order valence-corrected chi connectivity index (χ2v) is 3.25. The predicted octanol–water partition coefficient (Wildman–Crippen LogP) is 2.79. The molecular weight excluding hydrogens is 188 g/mol. The van der Waals surface area contributed by atoms with Crippen LogP contribution >= 0.6 is 11.6 Å². The molecule has 0 fully saturated rings. The molecule has 2 nitrogen and oxygen atoms in total. The highest BCUT2D eigenvalue weighted by Gasteiger charge is 2.11. The lowest BCUT2D eigenvalue weighted by Crippen LogP contribution is -1.98. The molecule has 0 heterocycles. The molecule has 0 aliphatic rings. The summed E-state index contributed by atoms with van der Waals surface area (Å²) in [6.07, 6.45) is 0.144. The Morgan fingerprint density at radius 1 is 1.54 bits per heavy atom. The number of hydrogen-bond donors (Lipinski definition) is 1. The van der Waals surface area contributed by atoms with Crippen LogP contribution in [0.4, 0.5) is 0 Å². The molecule has 72 valence electrons. The summed E-state index contributed by atoms with van der Waals surface area (Å²) in [6, 6.07) is 5.23. The van der Waals surface area contributed by atoms with E-state index in [9.17, 15) is 5.11 Å². The zero-order valence-electron chi connectivity index (χ0n) is 7.75. The van der Waals surface area contributed by atoms with Crippen molar-refractivity contribution >= 4 is 11.6 Å². The van der Waals surface area contributed by atoms with Gasteiger partial charge in [0.1, 0.15) is 5.75 Å². The third-order valence-corrected chi connectivity index (χ3v) is 2.17. The van der Waals surface area contributed by atoms with Gasteiger partial charge in [0, 0.05) is 10.6 Å². The number of aliphatic hydroxyl groups excluding tert-OH is 1. The molecule has 1 atom stereocenters. The second-order valence-electron chi connectivity index (χ2n) is 2.81. The van der Waals surface area contributed by atoms with Gasteiger partial charge in [-0.25, -0.2) is 0 Å². The zero-order chi connectivity index (χ0) is 9.84. The normalized spacial score (nSPS) is 12.6. The van der Waals surface area contributed by atoms with E-state index in [0.29, 0.717) is 17.2 Å². The Bertz CT molecular complexity index is 286. The molecule has 0 amide bonds. The summed E-state index contributed by atoms with van der Waals surface area (Å²) in [4.78, 5) is 0. The van der Waals surface area contributed by atoms with Crippen LogP contribution in [0.2, 0.25) is 5.02 Å². The van der Waals surface area contributed by atoms with Gasteiger partial charge in [-0.3, -0.25) is 0 Å². The molecule has 3 heteroatoms. The van der Waals surface area contributed by atoms with Crippen LogP contribution in [0.1, 0.15) is 25.0 Å². The summed E-state index contributed by atoms with van der Waals surface area (Å²) in [6.45, 7) is 1.91. The first-order valence-corrected chi connectivity index (χ1v) is 4.58. The Balaban J connectivity index is 3.07. The van der Waals surface area contributed by atoms with Crippen molar-refractivity contribution in [2.24, 2.45) is 0 Å². The van der Waals surface area contributed by atoms with Gasteiger partial charge in [0.05, 0.1) is 13.2 Å². The maximum atomic E-state index is 9.63. The largest absolute Gasteiger partial charge is 0.496 e. The minimum Gasteiger partial charge on any atom is -0.496 e. The molecule has 0 spiro atoms. The lowest BCUT2D eigenvalue weighted by molar-refractivity contribution is 0.169. The van der Waals surface area contributed by atoms with E-state index in [0.717, 1.165) is 5.56 Å². The van der Waals surface area contributed by atoms with Crippen molar-refractivity contribution in [1.29, 1.82) is 0 Å². The Morgan fingerprint density at radius 2 is 2.23 bits per heavy atom. The van der Waals surface area contributed by atoms with Crippen LogP contribution in [0.3, 0.4) is 0 Å². The number of rotatable bonds is 3. The first-order chi connectivity index (χ1) is 6.19. The highest BCUT2D eigenvalue weighted by atomic mass is 35.5. The fraction of sp³-hybridized carbons (Fsp3) is 0.400. The number of aliphatic hydroxyl groups is 1. The van der Waals surface area contributed by atoms with Crippen LogP contribution in [0.5, 0.6) is 5.75 Å². The average molecular weight is 201 g/mol. The van der Waals surface area contributed by atoms with Gasteiger partial charge in [0.25, 0.3) is 0 Å². The molecule has 0 bridgehead atoms. The van der Waals surface area contributed by atoms with Gasteiger partial charge in [-0.2, -0.15) is 0 Å². The molecule has 1 N–H and O–H groups in total. The minimum atomic E-state index is -0.506. The maximum Gasteiger partial charge on any atom is 0.124 e. The number of hydrogen-bond acceptors (Lipinski definition) is 2. The Kier molecular flexibility index (Phi) is 3.58. The number of methoxy groups -OCH3 is 1. The average Bonchev–Trinajstić information content (AvgIpc) is 2.16. The topological polar surface area (TPSA) is 29.5 Å². The van der Waals surface area contributed by atoms with Crippen LogP contribution in [0.15, 0.2) is 18.2 Å². The van der Waals surface area contributed by atoms with E-state index in [1.165, 1.54) is 0 Å². The van der Waals surface area contributed by atoms with Gasteiger partial charge in [-0.1, -0.05) is 18.5 Å². The lowest BCUT2D eigenvalue weighted by Gasteiger charge is -2.12. The highest BCUT2D eigenvalue weighted by molar-refractivity contribution is 6.30. The van der Waals surface area contributed by atoms with E-state index in [1.54, 1.807) is 25.3 Å². The van der Waals surface area contributed by atoms with Crippen LogP contribution in [-0.2, 0) is 0 Å². The van der Waals surface area contributed by atoms with E-state index in [2.05, 4.69) is 0 Å². The van der Waals surface area contributed by atoms with Crippen molar-refractivity contribution in [3.05, 3.63) is 28.8 Å². The van der Waals surface area contributed by atoms with Gasteiger partial charge in [0.2, 0.25) is 0 Å². The van der Waals surface area contributed by atoms with Gasteiger partial charge in [-0.05, 0) is 24.6 Å². The molecule has 13 heavy (non-hydrogen) atoms. The van der Waals surface area contributed by atoms with Crippen LogP contribution < -0.4 is 4.74 Å². The predicted molar refractivity (Wildman–Crippen MR) is 53.3 cm³/mol. The zero-order valence-corrected chi connectivity index (χ0v) is 8.51. The van der Waals surface area contributed by atoms with Crippen molar-refractivity contribution in [3.63, 3.8) is 0 Å². The van der Waals surface area contributed by atoms with E-state index >= 15 is 0 Å². The van der Waals surface area contributed by atoms with Gasteiger partial charge in [-0.15, -0.1) is 0 Å². The summed E-state index contributed by atoms with van der Waals surface area (Å²) >= 11 is 5.81. The van der Waals surface area contributed by atoms with Crippen molar-refractivity contribution in [2.45, 2.75) is 19.4 Å². The quantitative estimate of drug-likeness (QED) is 0.813. The first kappa shape index (κ1) is 10.4. The maximum absolute atomic E-state index is 9.63. The molecule has 0 aliphatic heterocycles. The summed E-state index contributed by atoms with van der Waals surface area (Å²) in [7, 11) is 1.58. The first-order valence-electron chi connectivity index (χ1n) is 4.20. The van der Waals surface area contributed by atoms with Crippen LogP contribution in [0.25, 0.3) is 0 Å². The molecule has 0 saturated heterocycles. The molecule has 1 rings (SSSR count). The van der Waals surface area contributed by atoms with Crippen molar-refractivity contribution < 1.29 is 9.84 Å². The van der Waals surface area contributed by atoms with E-state index in [4.69, 9.17) is 16.3 Å². The lowest BCUT2D eigenvalue weighted by atomic mass is 10.1. The molecule has 0 saturated carbocycles. The fourth-order valence-corrected chi connectivity index (χ4v) is 1.37. The third kappa shape index (κ3) is 2.36. The SMILES string of the molecule is CC[C@@H](O)c1cc(Cl)ccc1OC. The Hall–Kier alpha value is -0.730. The molecule has 0 radical (unpaired) electrons. The fourth-order valence-electron chi connectivity index (χ4n) is 1.19. The standard InChI is InChI=1S/C10H13ClO2/c1-3-9(12)8-6-7(11)4-5-10(8)13-2/h4-6,9,12H,3H2,1-2H3/t9-/m1/s1. The van der Waals surface area contributed by atoms with Crippen molar-refractivity contribution in [2.75, 3.05) is 7.11 Å². The molecule has 0 aromatic heterocycles. The Labute approximate surface area is 83.1 Å². The summed E-state index contributed by atoms with van der Waals surface area (Å²) in [5.41, 5.74) is 0.748. The highest BCUT2D eigenvalue weighted by Crippen LogP contribution is 2.29. The van der Waals surface area contributed by atoms with E-state index in [-0.39, 0.29) is 0 Å². The van der Waals surface area contributed by atoms with E-state index in [1.807, 2.05) is 6.92 Å². The number of benzene rings is 1. The number of ether oxygens (including phenoxy) is 1. The van der Waals surface area contributed by atoms with Gasteiger partial charge >= 0.3 is 0 Å². The van der Waals surface area contributed by atoms with Gasteiger partial charge < -0.3 is 9.84 Å². The summed E-state index contributed by atoms with van der Waals surface area (Å²) in [5, 5.41) is 10.2. The van der Waals surface area contributed by atoms with Crippen LogP contribution in [-0.4, -0.2) is 12.2 Å². The van der Waals surface area contributed by atoms with Gasteiger partial charge in [0.15, 0.2) is 0 Å². The molecule has 1 aromatic rings. The Morgan fingerprint density at radius 3 is 2.77 bits per heavy atom. The molecule has 0 unspecified atom stereocenters. The minimum absolute atomic E-state index is 0.506. The van der Waals surface area contributed by atoms with Crippen molar-refractivity contribution in [1.82, 2.24) is 0 Å².